The molecule has 0 fully saturated rings. The van der Waals surface area contributed by atoms with Crippen LogP contribution >= 0.6 is 0 Å². The van der Waals surface area contributed by atoms with Crippen molar-refractivity contribution in [3.05, 3.63) is 35.6 Å². The van der Waals surface area contributed by atoms with Gasteiger partial charge in [0.15, 0.2) is 5.92 Å². The van der Waals surface area contributed by atoms with Gasteiger partial charge >= 0.3 is 5.97 Å². The van der Waals surface area contributed by atoms with Crippen molar-refractivity contribution >= 4 is 5.97 Å². The van der Waals surface area contributed by atoms with Crippen molar-refractivity contribution in [2.45, 2.75) is 25.9 Å². The Hall–Kier alpha value is -1.56. The Bertz CT molecular complexity index is 459. The largest absolute Gasteiger partial charge is 0.469 e. The van der Waals surface area contributed by atoms with Crippen LogP contribution in [0.2, 0.25) is 0 Å². The Morgan fingerprint density at radius 1 is 1.25 bits per heavy atom. The van der Waals surface area contributed by atoms with Gasteiger partial charge in [-0.2, -0.15) is 0 Å². The molecule has 2 atom stereocenters. The topological polar surface area (TPSA) is 46.5 Å². The minimum Gasteiger partial charge on any atom is -0.469 e. The standard InChI is InChI=1S/C14H17F3O3/c1-8(2)14(19,9-4-6-10(15)7-5-9)11(12(16)17)13(18)20-3/h4-8,11-12,19H,1-3H3. The fourth-order valence-electron chi connectivity index (χ4n) is 2.19. The van der Waals surface area contributed by atoms with Gasteiger partial charge in [0.05, 0.1) is 7.11 Å². The van der Waals surface area contributed by atoms with Crippen LogP contribution < -0.4 is 0 Å². The highest BCUT2D eigenvalue weighted by Crippen LogP contribution is 2.40. The van der Waals surface area contributed by atoms with Gasteiger partial charge in [0.2, 0.25) is 0 Å². The van der Waals surface area contributed by atoms with Crippen LogP contribution in [0.4, 0.5) is 13.2 Å². The molecule has 1 rings (SSSR count). The third-order valence-corrected chi connectivity index (χ3v) is 3.37. The molecule has 0 saturated heterocycles. The maximum Gasteiger partial charge on any atom is 0.317 e. The molecule has 0 aliphatic rings. The van der Waals surface area contributed by atoms with Crippen LogP contribution in [0.5, 0.6) is 0 Å². The van der Waals surface area contributed by atoms with Crippen LogP contribution in [0.15, 0.2) is 24.3 Å². The maximum atomic E-state index is 13.2. The van der Waals surface area contributed by atoms with E-state index in [1.54, 1.807) is 0 Å². The first-order valence-electron chi connectivity index (χ1n) is 6.09. The van der Waals surface area contributed by atoms with Crippen molar-refractivity contribution < 1.29 is 27.8 Å². The van der Waals surface area contributed by atoms with E-state index in [-0.39, 0.29) is 5.56 Å². The van der Waals surface area contributed by atoms with Crippen LogP contribution in [-0.4, -0.2) is 24.6 Å². The van der Waals surface area contributed by atoms with E-state index in [1.165, 1.54) is 26.0 Å². The van der Waals surface area contributed by atoms with Crippen molar-refractivity contribution in [2.24, 2.45) is 11.8 Å². The molecule has 112 valence electrons. The highest BCUT2D eigenvalue weighted by Gasteiger charge is 2.51. The fraction of sp³-hybridized carbons (Fsp3) is 0.500. The van der Waals surface area contributed by atoms with E-state index in [9.17, 15) is 23.1 Å². The van der Waals surface area contributed by atoms with Gasteiger partial charge in [-0.1, -0.05) is 26.0 Å². The number of methoxy groups -OCH3 is 1. The smallest absolute Gasteiger partial charge is 0.317 e. The van der Waals surface area contributed by atoms with E-state index in [2.05, 4.69) is 4.74 Å². The number of hydrogen-bond acceptors (Lipinski definition) is 3. The molecule has 6 heteroatoms. The van der Waals surface area contributed by atoms with Gasteiger partial charge in [-0.3, -0.25) is 4.79 Å². The Labute approximate surface area is 115 Å². The molecule has 0 aliphatic heterocycles. The Morgan fingerprint density at radius 2 is 1.75 bits per heavy atom. The summed E-state index contributed by atoms with van der Waals surface area (Å²) >= 11 is 0. The van der Waals surface area contributed by atoms with Crippen LogP contribution in [0.1, 0.15) is 19.4 Å². The van der Waals surface area contributed by atoms with Crippen LogP contribution in [0, 0.1) is 17.7 Å². The number of carbonyl (C=O) groups excluding carboxylic acids is 1. The summed E-state index contributed by atoms with van der Waals surface area (Å²) in [6, 6.07) is 4.46. The first kappa shape index (κ1) is 16.5. The average Bonchev–Trinajstić information content (AvgIpc) is 2.38. The zero-order chi connectivity index (χ0) is 15.5. The van der Waals surface area contributed by atoms with Gasteiger partial charge in [-0.05, 0) is 23.6 Å². The monoisotopic (exact) mass is 290 g/mol. The number of carbonyl (C=O) groups is 1. The molecule has 0 saturated carbocycles. The lowest BCUT2D eigenvalue weighted by Gasteiger charge is -2.38. The van der Waals surface area contributed by atoms with Gasteiger partial charge in [0.1, 0.15) is 11.4 Å². The van der Waals surface area contributed by atoms with Crippen molar-refractivity contribution in [1.29, 1.82) is 0 Å². The number of ether oxygens (including phenoxy) is 1. The summed E-state index contributed by atoms with van der Waals surface area (Å²) in [6.07, 6.45) is -3.11. The molecule has 0 radical (unpaired) electrons. The molecule has 0 aliphatic carbocycles. The normalized spacial score (nSPS) is 16.1. The van der Waals surface area contributed by atoms with E-state index < -0.39 is 35.6 Å². The van der Waals surface area contributed by atoms with Crippen LogP contribution in [0.25, 0.3) is 0 Å². The summed E-state index contributed by atoms with van der Waals surface area (Å²) in [5.41, 5.74) is -2.10. The summed E-state index contributed by atoms with van der Waals surface area (Å²) in [5.74, 6) is -4.52. The van der Waals surface area contributed by atoms with Gasteiger partial charge in [-0.25, -0.2) is 13.2 Å². The van der Waals surface area contributed by atoms with Crippen LogP contribution in [0.3, 0.4) is 0 Å². The number of hydrogen-bond donors (Lipinski definition) is 1. The Kier molecular flexibility index (Phi) is 5.16. The number of benzene rings is 1. The van der Waals surface area contributed by atoms with E-state index in [4.69, 9.17) is 0 Å². The molecule has 1 N–H and O–H groups in total. The molecule has 2 unspecified atom stereocenters. The predicted octanol–water partition coefficient (Wildman–Crippen LogP) is 2.72. The van der Waals surface area contributed by atoms with Gasteiger partial charge in [-0.15, -0.1) is 0 Å². The Morgan fingerprint density at radius 3 is 2.10 bits per heavy atom. The van der Waals surface area contributed by atoms with Crippen molar-refractivity contribution in [2.75, 3.05) is 7.11 Å². The second kappa shape index (κ2) is 6.26. The average molecular weight is 290 g/mol. The third kappa shape index (κ3) is 2.95. The van der Waals surface area contributed by atoms with Crippen molar-refractivity contribution in [1.82, 2.24) is 0 Å². The van der Waals surface area contributed by atoms with Gasteiger partial charge in [0.25, 0.3) is 6.43 Å². The van der Waals surface area contributed by atoms with Gasteiger partial charge in [0, 0.05) is 0 Å². The SMILES string of the molecule is COC(=O)C(C(F)F)C(O)(c1ccc(F)cc1)C(C)C. The lowest BCUT2D eigenvalue weighted by atomic mass is 9.73. The van der Waals surface area contributed by atoms with Gasteiger partial charge < -0.3 is 9.84 Å². The lowest BCUT2D eigenvalue weighted by Crippen LogP contribution is -2.48. The first-order chi connectivity index (χ1) is 9.25. The molecule has 1 aromatic rings. The number of alkyl halides is 2. The molecule has 0 spiro atoms. The van der Waals surface area contributed by atoms with Crippen LogP contribution in [-0.2, 0) is 15.1 Å². The molecule has 0 heterocycles. The molecule has 0 bridgehead atoms. The Balaban J connectivity index is 3.39. The fourth-order valence-corrected chi connectivity index (χ4v) is 2.19. The number of halogens is 3. The van der Waals surface area contributed by atoms with Crippen molar-refractivity contribution in [3.8, 4) is 0 Å². The first-order valence-corrected chi connectivity index (χ1v) is 6.09. The van der Waals surface area contributed by atoms with Crippen molar-refractivity contribution in [3.63, 3.8) is 0 Å². The minimum absolute atomic E-state index is 0.0459. The van der Waals surface area contributed by atoms with E-state index >= 15 is 0 Å². The van der Waals surface area contributed by atoms with E-state index in [1.807, 2.05) is 0 Å². The third-order valence-electron chi connectivity index (χ3n) is 3.37. The summed E-state index contributed by atoms with van der Waals surface area (Å²) < 4.78 is 43.7. The number of rotatable bonds is 5. The minimum atomic E-state index is -3.11. The molecular formula is C14H17F3O3. The zero-order valence-electron chi connectivity index (χ0n) is 11.4. The lowest BCUT2D eigenvalue weighted by molar-refractivity contribution is -0.176. The maximum absolute atomic E-state index is 13.2. The molecule has 0 aromatic heterocycles. The number of aliphatic hydroxyl groups is 1. The highest BCUT2D eigenvalue weighted by molar-refractivity contribution is 5.74. The highest BCUT2D eigenvalue weighted by atomic mass is 19.3. The second-order valence-corrected chi connectivity index (χ2v) is 4.82. The predicted molar refractivity (Wildman–Crippen MR) is 66.6 cm³/mol. The molecular weight excluding hydrogens is 273 g/mol. The summed E-state index contributed by atoms with van der Waals surface area (Å²) in [7, 11) is 0.975. The molecule has 0 amide bonds. The molecule has 20 heavy (non-hydrogen) atoms. The second-order valence-electron chi connectivity index (χ2n) is 4.82. The van der Waals surface area contributed by atoms with E-state index in [0.29, 0.717) is 0 Å². The summed E-state index contributed by atoms with van der Waals surface area (Å²) in [6.45, 7) is 3.00. The zero-order valence-corrected chi connectivity index (χ0v) is 11.4. The van der Waals surface area contributed by atoms with E-state index in [0.717, 1.165) is 19.2 Å². The quantitative estimate of drug-likeness (QED) is 0.848. The molecule has 3 nitrogen and oxygen atoms in total. The summed E-state index contributed by atoms with van der Waals surface area (Å²) in [5, 5.41) is 10.7. The summed E-state index contributed by atoms with van der Waals surface area (Å²) in [4.78, 5) is 11.6. The number of esters is 1. The molecule has 1 aromatic carbocycles.